The molecule has 3 rings (SSSR count). The van der Waals surface area contributed by atoms with E-state index in [1.807, 2.05) is 6.92 Å². The number of nitrogens with zero attached hydrogens (tertiary/aromatic N) is 3. The van der Waals surface area contributed by atoms with Gasteiger partial charge in [-0.25, -0.2) is 24.8 Å². The highest BCUT2D eigenvalue weighted by atomic mass is 16.5. The second kappa shape index (κ2) is 12.4. The van der Waals surface area contributed by atoms with Crippen molar-refractivity contribution < 1.29 is 33.7 Å². The zero-order valence-corrected chi connectivity index (χ0v) is 20.7. The smallest absolute Gasteiger partial charge is 0.343 e. The number of likely N-dealkylation sites (tertiary alicyclic amines) is 2. The quantitative estimate of drug-likeness (QED) is 0.140. The largest absolute Gasteiger partial charge is 0.432 e. The Balaban J connectivity index is 1.62. The molecule has 2 aliphatic heterocycles. The molecule has 196 valence electrons. The van der Waals surface area contributed by atoms with Gasteiger partial charge < -0.3 is 10.2 Å². The highest BCUT2D eigenvalue weighted by molar-refractivity contribution is 5.95. The molecule has 1 saturated carbocycles. The summed E-state index contributed by atoms with van der Waals surface area (Å²) in [6, 6.07) is -1.65. The van der Waals surface area contributed by atoms with Crippen LogP contribution in [-0.2, 0) is 14.4 Å². The Morgan fingerprint density at radius 1 is 1.20 bits per heavy atom. The van der Waals surface area contributed by atoms with Crippen molar-refractivity contribution in [3.05, 3.63) is 0 Å². The van der Waals surface area contributed by atoms with E-state index in [4.69, 9.17) is 0 Å². The van der Waals surface area contributed by atoms with Gasteiger partial charge in [0.2, 0.25) is 12.3 Å². The first-order chi connectivity index (χ1) is 16.8. The van der Waals surface area contributed by atoms with E-state index in [1.54, 1.807) is 4.90 Å². The van der Waals surface area contributed by atoms with E-state index in [0.29, 0.717) is 56.2 Å². The van der Waals surface area contributed by atoms with Gasteiger partial charge >= 0.3 is 18.0 Å². The zero-order chi connectivity index (χ0) is 25.4. The molecule has 35 heavy (non-hydrogen) atoms. The standard InChI is InChI=1S/C24H39N5O6/c1-18-7-5-14-29(18,22(32)20(16-28(35)17-30)15-19-8-2-3-9-19)24(34)26-23(33)25-11-6-13-27-12-4-10-21(27)31/h17-20,35H,2-16H2,1H3,(H-,25,26,33,34)/p+1/t18-,20-,29?/m1/s1. The van der Waals surface area contributed by atoms with Crippen molar-refractivity contribution in [2.24, 2.45) is 11.8 Å². The summed E-state index contributed by atoms with van der Waals surface area (Å²) in [5.41, 5.74) is 0. The minimum absolute atomic E-state index is 0.126. The highest BCUT2D eigenvalue weighted by Crippen LogP contribution is 2.35. The van der Waals surface area contributed by atoms with Crippen LogP contribution in [0.2, 0.25) is 0 Å². The summed E-state index contributed by atoms with van der Waals surface area (Å²) < 4.78 is -0.500. The fourth-order valence-corrected chi connectivity index (χ4v) is 5.96. The molecule has 3 N–H and O–H groups in total. The number of quaternary nitrogens is 1. The Hall–Kier alpha value is -2.53. The summed E-state index contributed by atoms with van der Waals surface area (Å²) in [4.78, 5) is 64.3. The molecule has 3 aliphatic rings. The fraction of sp³-hybridized carbons (Fsp3) is 0.792. The number of amides is 7. The molecule has 2 heterocycles. The van der Waals surface area contributed by atoms with E-state index in [9.17, 15) is 29.2 Å². The van der Waals surface area contributed by atoms with Gasteiger partial charge in [0.25, 0.3) is 0 Å². The first-order valence-corrected chi connectivity index (χ1v) is 13.0. The van der Waals surface area contributed by atoms with Crippen molar-refractivity contribution in [1.29, 1.82) is 0 Å². The van der Waals surface area contributed by atoms with Crippen molar-refractivity contribution in [3.8, 4) is 0 Å². The molecule has 0 spiro atoms. The van der Waals surface area contributed by atoms with Gasteiger partial charge in [-0.2, -0.15) is 4.48 Å². The summed E-state index contributed by atoms with van der Waals surface area (Å²) >= 11 is 0. The van der Waals surface area contributed by atoms with Gasteiger partial charge in [-0.15, -0.1) is 0 Å². The topological polar surface area (TPSA) is 136 Å². The van der Waals surface area contributed by atoms with Crippen LogP contribution < -0.4 is 10.6 Å². The summed E-state index contributed by atoms with van der Waals surface area (Å²) in [5, 5.41) is 15.4. The van der Waals surface area contributed by atoms with Crippen LogP contribution in [0.3, 0.4) is 0 Å². The lowest BCUT2D eigenvalue weighted by atomic mass is 9.91. The van der Waals surface area contributed by atoms with Crippen LogP contribution in [0.1, 0.15) is 71.1 Å². The molecule has 0 aromatic heterocycles. The number of hydrogen-bond donors (Lipinski definition) is 3. The zero-order valence-electron chi connectivity index (χ0n) is 20.7. The van der Waals surface area contributed by atoms with E-state index >= 15 is 0 Å². The molecule has 7 amide bonds. The first kappa shape index (κ1) is 27.1. The second-order valence-corrected chi connectivity index (χ2v) is 10.3. The predicted octanol–water partition coefficient (Wildman–Crippen LogP) is 1.99. The Bertz CT molecular complexity index is 801. The molecule has 0 bridgehead atoms. The second-order valence-electron chi connectivity index (χ2n) is 10.3. The number of imide groups is 2. The van der Waals surface area contributed by atoms with Gasteiger partial charge in [-0.05, 0) is 32.1 Å². The first-order valence-electron chi connectivity index (χ1n) is 13.0. The van der Waals surface area contributed by atoms with Crippen molar-refractivity contribution in [3.63, 3.8) is 0 Å². The number of rotatable bonds is 10. The molecule has 11 heteroatoms. The molecule has 1 aliphatic carbocycles. The summed E-state index contributed by atoms with van der Waals surface area (Å²) in [6.07, 6.45) is 8.26. The molecule has 3 atom stereocenters. The molecule has 3 fully saturated rings. The van der Waals surface area contributed by atoms with Crippen LogP contribution in [-0.4, -0.2) is 88.7 Å². The minimum atomic E-state index is -0.694. The van der Waals surface area contributed by atoms with Crippen LogP contribution in [0.4, 0.5) is 9.59 Å². The number of nitrogens with one attached hydrogen (secondary N) is 2. The van der Waals surface area contributed by atoms with E-state index in [0.717, 1.165) is 38.6 Å². The average molecular weight is 495 g/mol. The average Bonchev–Trinajstić information content (AvgIpc) is 3.58. The van der Waals surface area contributed by atoms with Gasteiger partial charge in [-0.3, -0.25) is 14.8 Å². The SMILES string of the molecule is C[C@@H]1CCC[N+]1(C(=O)NC(=O)NCCCN1CCCC1=O)C(=O)[C@H](CC1CCCC1)CN(O)C=O. The maximum absolute atomic E-state index is 13.9. The van der Waals surface area contributed by atoms with Crippen molar-refractivity contribution in [1.82, 2.24) is 20.6 Å². The molecule has 2 saturated heterocycles. The Morgan fingerprint density at radius 3 is 2.54 bits per heavy atom. The fourth-order valence-electron chi connectivity index (χ4n) is 5.96. The van der Waals surface area contributed by atoms with E-state index < -0.39 is 22.5 Å². The monoisotopic (exact) mass is 494 g/mol. The Kier molecular flexibility index (Phi) is 9.62. The van der Waals surface area contributed by atoms with Crippen LogP contribution in [0.25, 0.3) is 0 Å². The van der Waals surface area contributed by atoms with E-state index in [1.165, 1.54) is 0 Å². The minimum Gasteiger partial charge on any atom is -0.343 e. The van der Waals surface area contributed by atoms with Crippen molar-refractivity contribution in [2.75, 3.05) is 32.7 Å². The molecular formula is C24H40N5O6+. The van der Waals surface area contributed by atoms with Gasteiger partial charge in [0.05, 0.1) is 19.0 Å². The third-order valence-corrected chi connectivity index (χ3v) is 7.89. The third kappa shape index (κ3) is 6.58. The molecule has 0 radical (unpaired) electrons. The molecular weight excluding hydrogens is 454 g/mol. The summed E-state index contributed by atoms with van der Waals surface area (Å²) in [5.74, 6) is -0.599. The molecule has 1 unspecified atom stereocenters. The predicted molar refractivity (Wildman–Crippen MR) is 126 cm³/mol. The third-order valence-electron chi connectivity index (χ3n) is 7.89. The molecule has 0 aromatic carbocycles. The van der Waals surface area contributed by atoms with Gasteiger partial charge in [0.15, 0.2) is 0 Å². The summed E-state index contributed by atoms with van der Waals surface area (Å²) in [6.45, 7) is 3.54. The van der Waals surface area contributed by atoms with Crippen molar-refractivity contribution >= 4 is 30.3 Å². The lowest BCUT2D eigenvalue weighted by molar-refractivity contribution is -0.786. The highest BCUT2D eigenvalue weighted by Gasteiger charge is 2.55. The van der Waals surface area contributed by atoms with E-state index in [2.05, 4.69) is 10.6 Å². The number of urea groups is 2. The summed E-state index contributed by atoms with van der Waals surface area (Å²) in [7, 11) is 0. The number of hydrogen-bond acceptors (Lipinski definition) is 6. The van der Waals surface area contributed by atoms with E-state index in [-0.39, 0.29) is 37.4 Å². The van der Waals surface area contributed by atoms with Crippen molar-refractivity contribution in [2.45, 2.75) is 77.2 Å². The number of carbonyl (C=O) groups is 5. The normalized spacial score (nSPS) is 25.5. The lowest BCUT2D eigenvalue weighted by Crippen LogP contribution is -2.66. The lowest BCUT2D eigenvalue weighted by Gasteiger charge is -2.36. The molecule has 0 aromatic rings. The maximum atomic E-state index is 13.9. The van der Waals surface area contributed by atoms with Gasteiger partial charge in [-0.1, -0.05) is 25.7 Å². The van der Waals surface area contributed by atoms with Crippen LogP contribution in [0.15, 0.2) is 0 Å². The molecule has 11 nitrogen and oxygen atoms in total. The van der Waals surface area contributed by atoms with Crippen LogP contribution in [0.5, 0.6) is 0 Å². The Morgan fingerprint density at radius 2 is 1.94 bits per heavy atom. The maximum Gasteiger partial charge on any atom is 0.432 e. The van der Waals surface area contributed by atoms with Crippen LogP contribution in [0, 0.1) is 11.8 Å². The van der Waals surface area contributed by atoms with Crippen LogP contribution >= 0.6 is 0 Å². The number of carbonyl (C=O) groups excluding carboxylic acids is 5. The number of hydroxylamine groups is 2. The Labute approximate surface area is 206 Å². The van der Waals surface area contributed by atoms with Gasteiger partial charge in [0, 0.05) is 38.9 Å². The van der Waals surface area contributed by atoms with Gasteiger partial charge in [0.1, 0.15) is 6.04 Å².